The highest BCUT2D eigenvalue weighted by atomic mass is 16.2. The lowest BCUT2D eigenvalue weighted by molar-refractivity contribution is -0.126. The third-order valence-corrected chi connectivity index (χ3v) is 3.59. The average Bonchev–Trinajstić information content (AvgIpc) is 2.49. The van der Waals surface area contributed by atoms with Crippen LogP contribution in [0, 0.1) is 0 Å². The van der Waals surface area contributed by atoms with Crippen LogP contribution >= 0.6 is 0 Å². The molecule has 1 atom stereocenters. The van der Waals surface area contributed by atoms with Crippen molar-refractivity contribution in [2.45, 2.75) is 46.3 Å². The molecule has 0 saturated heterocycles. The van der Waals surface area contributed by atoms with E-state index in [-0.39, 0.29) is 11.9 Å². The van der Waals surface area contributed by atoms with Crippen molar-refractivity contribution < 1.29 is 4.79 Å². The molecule has 3 N–H and O–H groups in total. The summed E-state index contributed by atoms with van der Waals surface area (Å²) >= 11 is 0. The Hall–Kier alpha value is -1.39. The van der Waals surface area contributed by atoms with E-state index in [4.69, 9.17) is 5.73 Å². The Bertz CT molecular complexity index is 420. The highest BCUT2D eigenvalue weighted by Gasteiger charge is 2.20. The monoisotopic (exact) mass is 277 g/mol. The summed E-state index contributed by atoms with van der Waals surface area (Å²) in [5.74, 6) is 0.0962. The third-order valence-electron chi connectivity index (χ3n) is 3.59. The van der Waals surface area contributed by atoms with Gasteiger partial charge in [0, 0.05) is 19.6 Å². The zero-order chi connectivity index (χ0) is 15.0. The molecule has 0 spiro atoms. The quantitative estimate of drug-likeness (QED) is 0.763. The lowest BCUT2D eigenvalue weighted by Gasteiger charge is -2.27. The van der Waals surface area contributed by atoms with Gasteiger partial charge in [0.05, 0.1) is 6.04 Å². The molecule has 0 heterocycles. The molecule has 20 heavy (non-hydrogen) atoms. The van der Waals surface area contributed by atoms with Crippen molar-refractivity contribution in [3.05, 3.63) is 35.4 Å². The van der Waals surface area contributed by atoms with E-state index in [9.17, 15) is 4.79 Å². The maximum absolute atomic E-state index is 12.1. The second kappa shape index (κ2) is 8.72. The van der Waals surface area contributed by atoms with Gasteiger partial charge in [-0.25, -0.2) is 0 Å². The largest absolute Gasteiger partial charge is 0.355 e. The number of nitrogens with zero attached hydrogens (tertiary/aromatic N) is 1. The summed E-state index contributed by atoms with van der Waals surface area (Å²) in [7, 11) is 0. The zero-order valence-corrected chi connectivity index (χ0v) is 12.9. The molecule has 4 nitrogen and oxygen atoms in total. The van der Waals surface area contributed by atoms with Crippen molar-refractivity contribution in [1.29, 1.82) is 0 Å². The van der Waals surface area contributed by atoms with Crippen LogP contribution in [0.25, 0.3) is 0 Å². The van der Waals surface area contributed by atoms with Gasteiger partial charge in [0.25, 0.3) is 0 Å². The molecule has 0 aliphatic carbocycles. The van der Waals surface area contributed by atoms with Crippen molar-refractivity contribution in [1.82, 2.24) is 10.2 Å². The van der Waals surface area contributed by atoms with E-state index in [2.05, 4.69) is 30.1 Å². The molecular formula is C16H27N3O. The van der Waals surface area contributed by atoms with Crippen LogP contribution < -0.4 is 11.1 Å². The molecule has 0 aliphatic rings. The Morgan fingerprint density at radius 2 is 1.95 bits per heavy atom. The number of nitrogens with one attached hydrogen (secondary N) is 1. The Kier molecular flexibility index (Phi) is 7.26. The first-order valence-corrected chi connectivity index (χ1v) is 7.42. The van der Waals surface area contributed by atoms with E-state index in [0.29, 0.717) is 6.54 Å². The number of rotatable bonds is 8. The van der Waals surface area contributed by atoms with Gasteiger partial charge < -0.3 is 11.1 Å². The predicted molar refractivity (Wildman–Crippen MR) is 83.2 cm³/mol. The molecule has 0 saturated carbocycles. The second-order valence-corrected chi connectivity index (χ2v) is 5.00. The molecule has 112 valence electrons. The number of carbonyl (C=O) groups excluding carboxylic acids is 1. The van der Waals surface area contributed by atoms with E-state index in [1.54, 1.807) is 0 Å². The number of hydrogen-bond acceptors (Lipinski definition) is 3. The van der Waals surface area contributed by atoms with E-state index in [0.717, 1.165) is 31.6 Å². The van der Waals surface area contributed by atoms with Crippen molar-refractivity contribution in [3.63, 3.8) is 0 Å². The topological polar surface area (TPSA) is 58.4 Å². The Morgan fingerprint density at radius 1 is 1.30 bits per heavy atom. The van der Waals surface area contributed by atoms with Crippen LogP contribution in [0.15, 0.2) is 24.3 Å². The summed E-state index contributed by atoms with van der Waals surface area (Å²) in [6.07, 6.45) is 0.959. The van der Waals surface area contributed by atoms with Gasteiger partial charge in [-0.2, -0.15) is 0 Å². The molecule has 1 aromatic rings. The molecule has 0 radical (unpaired) electrons. The molecule has 1 unspecified atom stereocenters. The predicted octanol–water partition coefficient (Wildman–Crippen LogP) is 1.88. The maximum Gasteiger partial charge on any atom is 0.237 e. The highest BCUT2D eigenvalue weighted by Crippen LogP contribution is 2.13. The minimum atomic E-state index is -0.127. The summed E-state index contributed by atoms with van der Waals surface area (Å²) in [4.78, 5) is 14.2. The number of hydrogen-bond donors (Lipinski definition) is 2. The first-order valence-electron chi connectivity index (χ1n) is 7.42. The SMILES string of the molecule is CCCNC(=O)C(C)N(CC)Cc1ccccc1CN. The van der Waals surface area contributed by atoms with E-state index in [1.165, 1.54) is 5.56 Å². The van der Waals surface area contributed by atoms with Crippen molar-refractivity contribution >= 4 is 5.91 Å². The van der Waals surface area contributed by atoms with Gasteiger partial charge in [0.2, 0.25) is 5.91 Å². The Labute approximate surface area is 122 Å². The van der Waals surface area contributed by atoms with Gasteiger partial charge in [-0.05, 0) is 31.0 Å². The molecular weight excluding hydrogens is 250 g/mol. The van der Waals surface area contributed by atoms with Crippen LogP contribution in [0.4, 0.5) is 0 Å². The molecule has 1 aromatic carbocycles. The lowest BCUT2D eigenvalue weighted by Crippen LogP contribution is -2.45. The van der Waals surface area contributed by atoms with E-state index < -0.39 is 0 Å². The Morgan fingerprint density at radius 3 is 2.50 bits per heavy atom. The fraction of sp³-hybridized carbons (Fsp3) is 0.562. The number of nitrogens with two attached hydrogens (primary N) is 1. The smallest absolute Gasteiger partial charge is 0.237 e. The minimum absolute atomic E-state index is 0.0962. The molecule has 0 fully saturated rings. The molecule has 1 rings (SSSR count). The zero-order valence-electron chi connectivity index (χ0n) is 12.9. The van der Waals surface area contributed by atoms with Gasteiger partial charge >= 0.3 is 0 Å². The number of likely N-dealkylation sites (N-methyl/N-ethyl adjacent to an activating group) is 1. The highest BCUT2D eigenvalue weighted by molar-refractivity contribution is 5.81. The summed E-state index contributed by atoms with van der Waals surface area (Å²) in [6, 6.07) is 8.02. The van der Waals surface area contributed by atoms with Gasteiger partial charge in [0.1, 0.15) is 0 Å². The van der Waals surface area contributed by atoms with Crippen molar-refractivity contribution in [3.8, 4) is 0 Å². The Balaban J connectivity index is 2.73. The van der Waals surface area contributed by atoms with Gasteiger partial charge in [-0.3, -0.25) is 9.69 Å². The van der Waals surface area contributed by atoms with Crippen LogP contribution in [0.2, 0.25) is 0 Å². The van der Waals surface area contributed by atoms with Gasteiger partial charge in [-0.15, -0.1) is 0 Å². The first-order chi connectivity index (χ1) is 9.63. The molecule has 1 amide bonds. The van der Waals surface area contributed by atoms with Crippen molar-refractivity contribution in [2.24, 2.45) is 5.73 Å². The maximum atomic E-state index is 12.1. The summed E-state index contributed by atoms with van der Waals surface area (Å²) in [5, 5.41) is 2.96. The van der Waals surface area contributed by atoms with Crippen molar-refractivity contribution in [2.75, 3.05) is 13.1 Å². The number of amides is 1. The van der Waals surface area contributed by atoms with Crippen LogP contribution in [0.1, 0.15) is 38.3 Å². The molecule has 0 aliphatic heterocycles. The van der Waals surface area contributed by atoms with E-state index >= 15 is 0 Å². The third kappa shape index (κ3) is 4.62. The minimum Gasteiger partial charge on any atom is -0.355 e. The standard InChI is InChI=1S/C16H27N3O/c1-4-10-18-16(20)13(3)19(5-2)12-15-9-7-6-8-14(15)11-17/h6-9,13H,4-5,10-12,17H2,1-3H3,(H,18,20). The second-order valence-electron chi connectivity index (χ2n) is 5.00. The van der Waals surface area contributed by atoms with Crippen LogP contribution in [-0.4, -0.2) is 29.9 Å². The average molecular weight is 277 g/mol. The first kappa shape index (κ1) is 16.7. The molecule has 0 aromatic heterocycles. The molecule has 4 heteroatoms. The van der Waals surface area contributed by atoms with Gasteiger partial charge in [0.15, 0.2) is 0 Å². The normalized spacial score (nSPS) is 12.4. The number of carbonyl (C=O) groups is 1. The number of benzene rings is 1. The van der Waals surface area contributed by atoms with Crippen LogP contribution in [0.5, 0.6) is 0 Å². The summed E-state index contributed by atoms with van der Waals surface area (Å²) < 4.78 is 0. The van der Waals surface area contributed by atoms with Crippen LogP contribution in [-0.2, 0) is 17.9 Å². The van der Waals surface area contributed by atoms with Gasteiger partial charge in [-0.1, -0.05) is 38.1 Å². The lowest BCUT2D eigenvalue weighted by atomic mass is 10.1. The van der Waals surface area contributed by atoms with E-state index in [1.807, 2.05) is 25.1 Å². The molecule has 0 bridgehead atoms. The fourth-order valence-electron chi connectivity index (χ4n) is 2.21. The summed E-state index contributed by atoms with van der Waals surface area (Å²) in [6.45, 7) is 8.95. The fourth-order valence-corrected chi connectivity index (χ4v) is 2.21. The van der Waals surface area contributed by atoms with Crippen LogP contribution in [0.3, 0.4) is 0 Å². The summed E-state index contributed by atoms with van der Waals surface area (Å²) in [5.41, 5.74) is 8.12.